The second-order valence-corrected chi connectivity index (χ2v) is 9.68. The van der Waals surface area contributed by atoms with Gasteiger partial charge in [-0.15, -0.1) is 0 Å². The molecule has 0 aromatic heterocycles. The molecule has 0 amide bonds. The third-order valence-electron chi connectivity index (χ3n) is 5.87. The van der Waals surface area contributed by atoms with E-state index >= 15 is 0 Å². The topological polar surface area (TPSA) is 56.7 Å². The highest BCUT2D eigenvalue weighted by Crippen LogP contribution is 2.29. The Hall–Kier alpha value is -1.56. The van der Waals surface area contributed by atoms with E-state index in [1.807, 2.05) is 14.0 Å². The van der Waals surface area contributed by atoms with E-state index in [4.69, 9.17) is 0 Å². The number of aliphatic imine (C=N–C) groups is 1. The molecule has 1 saturated carbocycles. The van der Waals surface area contributed by atoms with Gasteiger partial charge in [0.1, 0.15) is 0 Å². The standard InChI is InChI=1S/C21H34N4OS/c1-4-27(26)19-10-7-9-18(14-19)24-21(22-3)23-15-16(2)25-13-12-17-8-5-6-11-20(17)25/h5-6,8,11,16,18-19H,4,7,9-10,12-15H2,1-3H3,(H2,22,23,24). The summed E-state index contributed by atoms with van der Waals surface area (Å²) in [6.07, 6.45) is 5.48. The largest absolute Gasteiger partial charge is 0.366 e. The van der Waals surface area contributed by atoms with Crippen molar-refractivity contribution in [1.82, 2.24) is 10.6 Å². The first-order chi connectivity index (χ1) is 13.1. The van der Waals surface area contributed by atoms with Gasteiger partial charge in [0.05, 0.1) is 0 Å². The van der Waals surface area contributed by atoms with E-state index in [0.29, 0.717) is 17.3 Å². The molecule has 1 aliphatic heterocycles. The molecule has 1 aromatic carbocycles. The Morgan fingerprint density at radius 2 is 2.19 bits per heavy atom. The van der Waals surface area contributed by atoms with Crippen LogP contribution >= 0.6 is 0 Å². The molecule has 6 heteroatoms. The zero-order valence-corrected chi connectivity index (χ0v) is 17.7. The monoisotopic (exact) mass is 390 g/mol. The van der Waals surface area contributed by atoms with Gasteiger partial charge < -0.3 is 15.5 Å². The fourth-order valence-electron chi connectivity index (χ4n) is 4.31. The lowest BCUT2D eigenvalue weighted by Crippen LogP contribution is -2.50. The molecule has 0 spiro atoms. The normalized spacial score (nSPS) is 25.0. The van der Waals surface area contributed by atoms with Crippen LogP contribution in [0.3, 0.4) is 0 Å². The minimum atomic E-state index is -0.692. The summed E-state index contributed by atoms with van der Waals surface area (Å²) >= 11 is 0. The third kappa shape index (κ3) is 5.03. The summed E-state index contributed by atoms with van der Waals surface area (Å²) in [7, 11) is 1.14. The van der Waals surface area contributed by atoms with Crippen LogP contribution in [-0.4, -0.2) is 53.4 Å². The highest BCUT2D eigenvalue weighted by molar-refractivity contribution is 7.85. The molecule has 1 aromatic rings. The van der Waals surface area contributed by atoms with Gasteiger partial charge in [-0.05, 0) is 44.2 Å². The third-order valence-corrected chi connectivity index (χ3v) is 7.61. The van der Waals surface area contributed by atoms with Crippen LogP contribution in [-0.2, 0) is 17.2 Å². The number of nitrogens with one attached hydrogen (secondary N) is 2. The number of guanidine groups is 1. The molecule has 1 heterocycles. The number of hydrogen-bond donors (Lipinski definition) is 2. The predicted octanol–water partition coefficient (Wildman–Crippen LogP) is 2.68. The Bertz CT molecular complexity index is 678. The highest BCUT2D eigenvalue weighted by Gasteiger charge is 2.27. The van der Waals surface area contributed by atoms with Crippen LogP contribution in [0, 0.1) is 0 Å². The molecular formula is C21H34N4OS. The smallest absolute Gasteiger partial charge is 0.191 e. The van der Waals surface area contributed by atoms with Gasteiger partial charge in [-0.2, -0.15) is 0 Å². The first kappa shape index (κ1) is 20.2. The summed E-state index contributed by atoms with van der Waals surface area (Å²) in [4.78, 5) is 6.90. The predicted molar refractivity (Wildman–Crippen MR) is 116 cm³/mol. The molecule has 0 bridgehead atoms. The van der Waals surface area contributed by atoms with Crippen molar-refractivity contribution < 1.29 is 4.21 Å². The van der Waals surface area contributed by atoms with Gasteiger partial charge in [-0.25, -0.2) is 0 Å². The Balaban J connectivity index is 1.50. The molecule has 0 saturated heterocycles. The first-order valence-electron chi connectivity index (χ1n) is 10.3. The van der Waals surface area contributed by atoms with Gasteiger partial charge in [0, 0.05) is 59.7 Å². The van der Waals surface area contributed by atoms with Crippen molar-refractivity contribution in [1.29, 1.82) is 0 Å². The number of fused-ring (bicyclic) bond motifs is 1. The van der Waals surface area contributed by atoms with Crippen molar-refractivity contribution in [2.45, 2.75) is 63.3 Å². The van der Waals surface area contributed by atoms with Crippen molar-refractivity contribution in [3.05, 3.63) is 29.8 Å². The van der Waals surface area contributed by atoms with Crippen molar-refractivity contribution in [2.75, 3.05) is 30.8 Å². The zero-order chi connectivity index (χ0) is 19.2. The second-order valence-electron chi connectivity index (χ2n) is 7.67. The number of nitrogens with zero attached hydrogens (tertiary/aromatic N) is 2. The quantitative estimate of drug-likeness (QED) is 0.579. The molecule has 4 unspecified atom stereocenters. The van der Waals surface area contributed by atoms with Crippen molar-refractivity contribution in [3.63, 3.8) is 0 Å². The fraction of sp³-hybridized carbons (Fsp3) is 0.667. The second kappa shape index (κ2) is 9.58. The van der Waals surface area contributed by atoms with E-state index in [2.05, 4.69) is 51.7 Å². The fourth-order valence-corrected chi connectivity index (χ4v) is 5.66. The summed E-state index contributed by atoms with van der Waals surface area (Å²) < 4.78 is 12.2. The number of anilines is 1. The SMILES string of the molecule is CCS(=O)C1CCCC(NC(=NC)NCC(C)N2CCc3ccccc32)C1. The van der Waals surface area contributed by atoms with Crippen LogP contribution in [0.1, 0.15) is 45.1 Å². The maximum Gasteiger partial charge on any atom is 0.191 e. The van der Waals surface area contributed by atoms with E-state index in [1.54, 1.807) is 0 Å². The van der Waals surface area contributed by atoms with Gasteiger partial charge in [-0.1, -0.05) is 31.5 Å². The lowest BCUT2D eigenvalue weighted by Gasteiger charge is -2.31. The number of hydrogen-bond acceptors (Lipinski definition) is 3. The van der Waals surface area contributed by atoms with Crippen LogP contribution < -0.4 is 15.5 Å². The van der Waals surface area contributed by atoms with Crippen molar-refractivity contribution >= 4 is 22.4 Å². The average molecular weight is 391 g/mol. The van der Waals surface area contributed by atoms with Gasteiger partial charge in [0.15, 0.2) is 5.96 Å². The van der Waals surface area contributed by atoms with Gasteiger partial charge in [0.2, 0.25) is 0 Å². The van der Waals surface area contributed by atoms with Crippen LogP contribution in [0.5, 0.6) is 0 Å². The van der Waals surface area contributed by atoms with Crippen LogP contribution in [0.25, 0.3) is 0 Å². The number of benzene rings is 1. The van der Waals surface area contributed by atoms with Crippen molar-refractivity contribution in [3.8, 4) is 0 Å². The van der Waals surface area contributed by atoms with E-state index in [-0.39, 0.29) is 0 Å². The molecule has 0 radical (unpaired) electrons. The molecule has 5 nitrogen and oxygen atoms in total. The number of rotatable bonds is 6. The molecule has 1 aliphatic carbocycles. The average Bonchev–Trinajstić information content (AvgIpc) is 3.14. The molecule has 1 fully saturated rings. The first-order valence-corrected chi connectivity index (χ1v) is 11.7. The van der Waals surface area contributed by atoms with E-state index < -0.39 is 10.8 Å². The minimum Gasteiger partial charge on any atom is -0.366 e. The van der Waals surface area contributed by atoms with Gasteiger partial charge >= 0.3 is 0 Å². The Morgan fingerprint density at radius 3 is 2.96 bits per heavy atom. The zero-order valence-electron chi connectivity index (χ0n) is 16.9. The van der Waals surface area contributed by atoms with E-state index in [1.165, 1.54) is 11.3 Å². The van der Waals surface area contributed by atoms with Gasteiger partial charge in [0.25, 0.3) is 0 Å². The summed E-state index contributed by atoms with van der Waals surface area (Å²) in [6.45, 7) is 6.22. The summed E-state index contributed by atoms with van der Waals surface area (Å²) in [6, 6.07) is 9.47. The van der Waals surface area contributed by atoms with E-state index in [9.17, 15) is 4.21 Å². The summed E-state index contributed by atoms with van der Waals surface area (Å²) in [5.41, 5.74) is 2.82. The maximum atomic E-state index is 12.2. The Morgan fingerprint density at radius 1 is 1.37 bits per heavy atom. The van der Waals surface area contributed by atoms with Crippen molar-refractivity contribution in [2.24, 2.45) is 4.99 Å². The lowest BCUT2D eigenvalue weighted by molar-refractivity contribution is 0.413. The highest BCUT2D eigenvalue weighted by atomic mass is 32.2. The van der Waals surface area contributed by atoms with Gasteiger partial charge in [-0.3, -0.25) is 9.20 Å². The molecular weight excluding hydrogens is 356 g/mol. The molecule has 27 heavy (non-hydrogen) atoms. The van der Waals surface area contributed by atoms with E-state index in [0.717, 1.165) is 56.9 Å². The summed E-state index contributed by atoms with van der Waals surface area (Å²) in [5.74, 6) is 1.63. The number of para-hydroxylation sites is 1. The molecule has 150 valence electrons. The van der Waals surface area contributed by atoms with Crippen LogP contribution in [0.4, 0.5) is 5.69 Å². The lowest BCUT2D eigenvalue weighted by atomic mass is 9.95. The molecule has 2 aliphatic rings. The molecule has 4 atom stereocenters. The summed E-state index contributed by atoms with van der Waals surface area (Å²) in [5, 5.41) is 7.40. The molecule has 2 N–H and O–H groups in total. The van der Waals surface area contributed by atoms with Crippen LogP contribution in [0.15, 0.2) is 29.3 Å². The maximum absolute atomic E-state index is 12.2. The Labute approximate surface area is 166 Å². The van der Waals surface area contributed by atoms with Crippen LogP contribution in [0.2, 0.25) is 0 Å². The minimum absolute atomic E-state index is 0.333. The Kier molecular flexibility index (Phi) is 7.16. The molecule has 3 rings (SSSR count).